The van der Waals surface area contributed by atoms with Gasteiger partial charge in [-0.05, 0) is 25.4 Å². The molecule has 1 aromatic rings. The number of carbonyl (C=O) groups excluding carboxylic acids is 1. The minimum atomic E-state index is -0.184. The molecule has 1 N–H and O–H groups in total. The number of rotatable bonds is 5. The lowest BCUT2D eigenvalue weighted by Gasteiger charge is -2.20. The molecule has 1 aromatic heterocycles. The van der Waals surface area contributed by atoms with Crippen molar-refractivity contribution < 1.29 is 4.79 Å². The average molecular weight is 228 g/mol. The van der Waals surface area contributed by atoms with Gasteiger partial charge in [-0.1, -0.05) is 4.49 Å². The third-order valence-electron chi connectivity index (χ3n) is 2.22. The summed E-state index contributed by atoms with van der Waals surface area (Å²) >= 11 is 1.31. The molecule has 0 saturated carbocycles. The number of aromatic nitrogens is 2. The zero-order chi connectivity index (χ0) is 11.3. The zero-order valence-corrected chi connectivity index (χ0v) is 10.0. The van der Waals surface area contributed by atoms with Crippen molar-refractivity contribution in [1.29, 1.82) is 0 Å². The molecule has 0 aliphatic rings. The van der Waals surface area contributed by atoms with E-state index in [9.17, 15) is 4.79 Å². The maximum absolute atomic E-state index is 11.7. The Labute approximate surface area is 93.6 Å². The second kappa shape index (κ2) is 5.77. The lowest BCUT2D eigenvalue weighted by molar-refractivity contribution is -0.131. The van der Waals surface area contributed by atoms with Crippen LogP contribution in [0.4, 0.5) is 0 Å². The molecular formula is C9H16N4OS. The van der Waals surface area contributed by atoms with Gasteiger partial charge in [-0.15, -0.1) is 5.10 Å². The number of hydrogen-bond acceptors (Lipinski definition) is 5. The van der Waals surface area contributed by atoms with Gasteiger partial charge in [-0.25, -0.2) is 0 Å². The van der Waals surface area contributed by atoms with Gasteiger partial charge in [-0.3, -0.25) is 4.79 Å². The molecule has 0 fully saturated rings. The third kappa shape index (κ3) is 3.56. The monoisotopic (exact) mass is 228 g/mol. The first-order chi connectivity index (χ1) is 7.15. The van der Waals surface area contributed by atoms with E-state index < -0.39 is 0 Å². The molecule has 1 unspecified atom stereocenters. The summed E-state index contributed by atoms with van der Waals surface area (Å²) in [6, 6.07) is -0.184. The number of likely N-dealkylation sites (N-methyl/N-ethyl adjacent to an activating group) is 1. The van der Waals surface area contributed by atoms with Crippen molar-refractivity contribution >= 4 is 17.4 Å². The molecule has 0 radical (unpaired) electrons. The van der Waals surface area contributed by atoms with E-state index >= 15 is 0 Å². The summed E-state index contributed by atoms with van der Waals surface area (Å²) < 4.78 is 3.75. The van der Waals surface area contributed by atoms with Crippen molar-refractivity contribution in [3.8, 4) is 0 Å². The van der Waals surface area contributed by atoms with E-state index in [-0.39, 0.29) is 11.9 Å². The quantitative estimate of drug-likeness (QED) is 0.797. The first-order valence-corrected chi connectivity index (χ1v) is 5.73. The van der Waals surface area contributed by atoms with Crippen molar-refractivity contribution in [3.05, 3.63) is 11.1 Å². The van der Waals surface area contributed by atoms with Crippen molar-refractivity contribution in [2.45, 2.75) is 26.4 Å². The van der Waals surface area contributed by atoms with Gasteiger partial charge in [0.15, 0.2) is 0 Å². The fraction of sp³-hybridized carbons (Fsp3) is 0.667. The van der Waals surface area contributed by atoms with Gasteiger partial charge >= 0.3 is 0 Å². The summed E-state index contributed by atoms with van der Waals surface area (Å²) in [5, 5.41) is 8.88. The Kier molecular flexibility index (Phi) is 4.64. The molecule has 0 spiro atoms. The topological polar surface area (TPSA) is 58.1 Å². The van der Waals surface area contributed by atoms with E-state index in [0.717, 1.165) is 12.2 Å². The summed E-state index contributed by atoms with van der Waals surface area (Å²) in [4.78, 5) is 13.4. The Morgan fingerprint density at radius 1 is 1.73 bits per heavy atom. The Balaban J connectivity index is 2.35. The van der Waals surface area contributed by atoms with Crippen molar-refractivity contribution in [1.82, 2.24) is 19.8 Å². The van der Waals surface area contributed by atoms with Crippen molar-refractivity contribution in [3.63, 3.8) is 0 Å². The Morgan fingerprint density at radius 2 is 2.47 bits per heavy atom. The molecule has 0 aliphatic carbocycles. The Bertz CT molecular complexity index is 301. The molecule has 0 bridgehead atoms. The highest BCUT2D eigenvalue weighted by molar-refractivity contribution is 7.03. The zero-order valence-electron chi connectivity index (χ0n) is 9.23. The van der Waals surface area contributed by atoms with Crippen LogP contribution in [0.3, 0.4) is 0 Å². The van der Waals surface area contributed by atoms with Gasteiger partial charge in [-0.2, -0.15) is 0 Å². The summed E-state index contributed by atoms with van der Waals surface area (Å²) in [5.41, 5.74) is 0.874. The lowest BCUT2D eigenvalue weighted by atomic mass is 10.3. The molecule has 1 amide bonds. The smallest absolute Gasteiger partial charge is 0.239 e. The molecular weight excluding hydrogens is 212 g/mol. The molecule has 1 atom stereocenters. The van der Waals surface area contributed by atoms with Crippen LogP contribution in [0.25, 0.3) is 0 Å². The van der Waals surface area contributed by atoms with Gasteiger partial charge in [0, 0.05) is 25.5 Å². The standard InChI is InChI=1S/C9H16N4OS/c1-4-13(3)9(14)7(2)10-5-8-6-15-12-11-8/h6-7,10H,4-5H2,1-3H3. The predicted molar refractivity (Wildman–Crippen MR) is 59.5 cm³/mol. The van der Waals surface area contributed by atoms with E-state index in [1.54, 1.807) is 11.9 Å². The van der Waals surface area contributed by atoms with Gasteiger partial charge in [0.05, 0.1) is 11.7 Å². The minimum absolute atomic E-state index is 0.0979. The fourth-order valence-corrected chi connectivity index (χ4v) is 1.54. The summed E-state index contributed by atoms with van der Waals surface area (Å²) in [6.07, 6.45) is 0. The molecule has 1 rings (SSSR count). The average Bonchev–Trinajstić information content (AvgIpc) is 2.76. The van der Waals surface area contributed by atoms with Crippen LogP contribution in [-0.2, 0) is 11.3 Å². The second-order valence-electron chi connectivity index (χ2n) is 3.35. The highest BCUT2D eigenvalue weighted by atomic mass is 32.1. The van der Waals surface area contributed by atoms with E-state index in [4.69, 9.17) is 0 Å². The van der Waals surface area contributed by atoms with E-state index in [1.807, 2.05) is 19.2 Å². The van der Waals surface area contributed by atoms with Crippen LogP contribution in [0, 0.1) is 0 Å². The normalized spacial score (nSPS) is 12.5. The number of carbonyl (C=O) groups is 1. The lowest BCUT2D eigenvalue weighted by Crippen LogP contribution is -2.42. The van der Waals surface area contributed by atoms with E-state index in [1.165, 1.54) is 11.5 Å². The van der Waals surface area contributed by atoms with Crippen LogP contribution in [0.2, 0.25) is 0 Å². The highest BCUT2D eigenvalue weighted by Gasteiger charge is 2.15. The van der Waals surface area contributed by atoms with Gasteiger partial charge in [0.2, 0.25) is 5.91 Å². The second-order valence-corrected chi connectivity index (χ2v) is 3.96. The van der Waals surface area contributed by atoms with E-state index in [2.05, 4.69) is 14.9 Å². The Hall–Kier alpha value is -1.01. The van der Waals surface area contributed by atoms with Crippen LogP contribution >= 0.6 is 11.5 Å². The number of nitrogens with one attached hydrogen (secondary N) is 1. The summed E-state index contributed by atoms with van der Waals surface area (Å²) in [7, 11) is 1.80. The fourth-order valence-electron chi connectivity index (χ4n) is 1.09. The maximum atomic E-state index is 11.7. The van der Waals surface area contributed by atoms with Crippen LogP contribution in [0.1, 0.15) is 19.5 Å². The van der Waals surface area contributed by atoms with Crippen molar-refractivity contribution in [2.24, 2.45) is 0 Å². The molecule has 0 aliphatic heterocycles. The molecule has 0 saturated heterocycles. The predicted octanol–water partition coefficient (Wildman–Crippen LogP) is 0.494. The molecule has 15 heavy (non-hydrogen) atoms. The van der Waals surface area contributed by atoms with Crippen molar-refractivity contribution in [2.75, 3.05) is 13.6 Å². The molecule has 1 heterocycles. The van der Waals surface area contributed by atoms with Gasteiger partial charge in [0.25, 0.3) is 0 Å². The van der Waals surface area contributed by atoms with E-state index in [0.29, 0.717) is 6.54 Å². The van der Waals surface area contributed by atoms with Gasteiger partial charge in [0.1, 0.15) is 0 Å². The summed E-state index contributed by atoms with van der Waals surface area (Å²) in [5.74, 6) is 0.0979. The largest absolute Gasteiger partial charge is 0.345 e. The SMILES string of the molecule is CCN(C)C(=O)C(C)NCc1csnn1. The molecule has 84 valence electrons. The number of hydrogen-bond donors (Lipinski definition) is 1. The van der Waals surface area contributed by atoms with Crippen LogP contribution < -0.4 is 5.32 Å². The molecule has 6 heteroatoms. The van der Waals surface area contributed by atoms with Crippen LogP contribution in [0.5, 0.6) is 0 Å². The first kappa shape index (κ1) is 12.1. The minimum Gasteiger partial charge on any atom is -0.345 e. The Morgan fingerprint density at radius 3 is 3.00 bits per heavy atom. The van der Waals surface area contributed by atoms with Crippen LogP contribution in [0.15, 0.2) is 5.38 Å². The third-order valence-corrected chi connectivity index (χ3v) is 2.77. The van der Waals surface area contributed by atoms with Crippen LogP contribution in [-0.4, -0.2) is 40.0 Å². The number of amides is 1. The molecule has 0 aromatic carbocycles. The summed E-state index contributed by atoms with van der Waals surface area (Å²) in [6.45, 7) is 5.12. The highest BCUT2D eigenvalue weighted by Crippen LogP contribution is 1.98. The first-order valence-electron chi connectivity index (χ1n) is 4.89. The van der Waals surface area contributed by atoms with Gasteiger partial charge < -0.3 is 10.2 Å². The maximum Gasteiger partial charge on any atom is 0.239 e. The number of nitrogens with zero attached hydrogens (tertiary/aromatic N) is 3. The molecule has 5 nitrogen and oxygen atoms in total.